The zero-order chi connectivity index (χ0) is 21.8. The Labute approximate surface area is 187 Å². The molecule has 2 aliphatic heterocycles. The maximum atomic E-state index is 4.98. The highest BCUT2D eigenvalue weighted by Gasteiger charge is 2.41. The van der Waals surface area contributed by atoms with Gasteiger partial charge in [-0.15, -0.1) is 0 Å². The fourth-order valence-corrected chi connectivity index (χ4v) is 5.25. The Hall–Kier alpha value is -3.32. The van der Waals surface area contributed by atoms with E-state index >= 15 is 0 Å². The van der Waals surface area contributed by atoms with Gasteiger partial charge in [0, 0.05) is 80.5 Å². The van der Waals surface area contributed by atoms with Gasteiger partial charge in [-0.25, -0.2) is 19.5 Å². The Morgan fingerprint density at radius 2 is 1.88 bits per heavy atom. The number of benzene rings is 1. The molecule has 2 aliphatic rings. The number of anilines is 1. The Kier molecular flexibility index (Phi) is 4.47. The molecule has 1 saturated heterocycles. The largest absolute Gasteiger partial charge is 0.347 e. The van der Waals surface area contributed by atoms with Crippen LogP contribution in [0.2, 0.25) is 0 Å². The highest BCUT2D eigenvalue weighted by molar-refractivity contribution is 5.65. The molecule has 3 aromatic heterocycles. The fraction of sp³-hybridized carbons (Fsp3) is 0.360. The predicted octanol–water partition coefficient (Wildman–Crippen LogP) is 3.82. The predicted molar refractivity (Wildman–Crippen MR) is 125 cm³/mol. The van der Waals surface area contributed by atoms with E-state index in [0.717, 1.165) is 47.8 Å². The van der Waals surface area contributed by atoms with E-state index in [2.05, 4.69) is 62.8 Å². The summed E-state index contributed by atoms with van der Waals surface area (Å²) < 4.78 is 2.09. The van der Waals surface area contributed by atoms with Crippen LogP contribution in [0.15, 0.2) is 48.9 Å². The van der Waals surface area contributed by atoms with Crippen molar-refractivity contribution in [2.75, 3.05) is 19.0 Å². The van der Waals surface area contributed by atoms with Crippen molar-refractivity contribution in [1.82, 2.24) is 29.5 Å². The van der Waals surface area contributed by atoms with Crippen LogP contribution in [0, 0.1) is 6.92 Å². The van der Waals surface area contributed by atoms with Gasteiger partial charge in [0.2, 0.25) is 5.95 Å². The second-order valence-electron chi connectivity index (χ2n) is 9.24. The van der Waals surface area contributed by atoms with E-state index in [1.807, 2.05) is 31.4 Å². The quantitative estimate of drug-likeness (QED) is 0.495. The zero-order valence-electron chi connectivity index (χ0n) is 18.7. The van der Waals surface area contributed by atoms with E-state index < -0.39 is 0 Å². The van der Waals surface area contributed by atoms with Crippen LogP contribution < -0.4 is 4.90 Å². The number of rotatable bonds is 4. The van der Waals surface area contributed by atoms with Crippen LogP contribution in [0.25, 0.3) is 16.9 Å². The summed E-state index contributed by atoms with van der Waals surface area (Å²) in [6.07, 6.45) is 9.35. The lowest BCUT2D eigenvalue weighted by Gasteiger charge is -2.36. The summed E-state index contributed by atoms with van der Waals surface area (Å²) >= 11 is 0. The summed E-state index contributed by atoms with van der Waals surface area (Å²) in [5, 5.41) is 4.98. The molecule has 0 saturated carbocycles. The molecule has 7 nitrogen and oxygen atoms in total. The lowest BCUT2D eigenvalue weighted by molar-refractivity contribution is 0.165. The lowest BCUT2D eigenvalue weighted by Crippen LogP contribution is -2.38. The third-order valence-corrected chi connectivity index (χ3v) is 6.82. The maximum absolute atomic E-state index is 4.98. The third-order valence-electron chi connectivity index (χ3n) is 6.82. The first-order chi connectivity index (χ1) is 15.6. The van der Waals surface area contributed by atoms with E-state index in [-0.39, 0.29) is 0 Å². The fourth-order valence-electron chi connectivity index (χ4n) is 5.25. The van der Waals surface area contributed by atoms with Gasteiger partial charge < -0.3 is 4.90 Å². The summed E-state index contributed by atoms with van der Waals surface area (Å²) in [5.41, 5.74) is 8.10. The van der Waals surface area contributed by atoms with E-state index in [9.17, 15) is 0 Å². The smallest absolute Gasteiger partial charge is 0.224 e. The first kappa shape index (κ1) is 19.4. The minimum Gasteiger partial charge on any atom is -0.347 e. The van der Waals surface area contributed by atoms with Crippen LogP contribution in [-0.4, -0.2) is 49.6 Å². The lowest BCUT2D eigenvalue weighted by atomic mass is 9.98. The summed E-state index contributed by atoms with van der Waals surface area (Å²) in [7, 11) is 3.92. The van der Waals surface area contributed by atoms with Gasteiger partial charge in [-0.1, -0.05) is 23.8 Å². The molecule has 6 rings (SSSR count). The molecule has 0 N–H and O–H groups in total. The average molecular weight is 426 g/mol. The molecule has 1 aromatic carbocycles. The van der Waals surface area contributed by atoms with E-state index in [4.69, 9.17) is 10.1 Å². The second kappa shape index (κ2) is 7.38. The van der Waals surface area contributed by atoms with Gasteiger partial charge in [0.05, 0.1) is 11.4 Å². The number of aromatic nitrogens is 5. The van der Waals surface area contributed by atoms with E-state index in [0.29, 0.717) is 12.1 Å². The van der Waals surface area contributed by atoms with Gasteiger partial charge in [0.1, 0.15) is 0 Å². The van der Waals surface area contributed by atoms with Gasteiger partial charge in [-0.3, -0.25) is 4.90 Å². The Balaban J connectivity index is 1.33. The maximum Gasteiger partial charge on any atom is 0.224 e. The Morgan fingerprint density at radius 3 is 2.66 bits per heavy atom. The van der Waals surface area contributed by atoms with E-state index in [1.165, 1.54) is 23.2 Å². The summed E-state index contributed by atoms with van der Waals surface area (Å²) in [6.45, 7) is 2.99. The molecule has 1 fully saturated rings. The van der Waals surface area contributed by atoms with Gasteiger partial charge in [-0.05, 0) is 25.8 Å². The number of fused-ring (bicyclic) bond motifs is 6. The van der Waals surface area contributed by atoms with Crippen molar-refractivity contribution < 1.29 is 0 Å². The molecule has 162 valence electrons. The van der Waals surface area contributed by atoms with Crippen molar-refractivity contribution in [3.63, 3.8) is 0 Å². The summed E-state index contributed by atoms with van der Waals surface area (Å²) in [5.74, 6) is 0.746. The van der Waals surface area contributed by atoms with Crippen molar-refractivity contribution >= 4 is 11.6 Å². The summed E-state index contributed by atoms with van der Waals surface area (Å²) in [6, 6.07) is 11.5. The van der Waals surface area contributed by atoms with Crippen molar-refractivity contribution in [3.05, 3.63) is 71.3 Å². The molecule has 0 radical (unpaired) electrons. The minimum atomic E-state index is 0.376. The van der Waals surface area contributed by atoms with Crippen molar-refractivity contribution in [2.24, 2.45) is 0 Å². The highest BCUT2D eigenvalue weighted by Crippen LogP contribution is 2.44. The van der Waals surface area contributed by atoms with Gasteiger partial charge in [0.15, 0.2) is 5.65 Å². The van der Waals surface area contributed by atoms with Gasteiger partial charge in [-0.2, -0.15) is 5.10 Å². The average Bonchev–Trinajstić information content (AvgIpc) is 3.34. The molecule has 0 amide bonds. The zero-order valence-corrected chi connectivity index (χ0v) is 18.7. The van der Waals surface area contributed by atoms with Crippen LogP contribution in [0.1, 0.15) is 41.3 Å². The van der Waals surface area contributed by atoms with Crippen molar-refractivity contribution in [2.45, 2.75) is 44.8 Å². The standard InChI is InChI=1S/C25H27N7/c1-16-5-4-6-18(9-16)21-11-24-26-14-20-22-8-7-19(10-23(20)32(24)29-21)31(22)15-17-12-27-25(28-13-17)30(2)3/h4-6,9,11-14,19,22H,7-8,10,15H2,1-3H3/t19-,22-/m1/s1. The van der Waals surface area contributed by atoms with Crippen LogP contribution in [-0.2, 0) is 13.0 Å². The normalized spacial score (nSPS) is 20.0. The minimum absolute atomic E-state index is 0.376. The van der Waals surface area contributed by atoms with Crippen LogP contribution in [0.3, 0.4) is 0 Å². The van der Waals surface area contributed by atoms with E-state index in [1.54, 1.807) is 0 Å². The molecule has 7 heteroatoms. The highest BCUT2D eigenvalue weighted by atomic mass is 15.3. The number of hydrogen-bond donors (Lipinski definition) is 0. The number of nitrogens with zero attached hydrogens (tertiary/aromatic N) is 7. The Bertz CT molecular complexity index is 1290. The second-order valence-corrected chi connectivity index (χ2v) is 9.24. The molecule has 0 unspecified atom stereocenters. The van der Waals surface area contributed by atoms with Crippen LogP contribution in [0.5, 0.6) is 0 Å². The van der Waals surface area contributed by atoms with Crippen molar-refractivity contribution in [3.8, 4) is 11.3 Å². The number of aryl methyl sites for hydroxylation is 1. The van der Waals surface area contributed by atoms with Crippen LogP contribution in [0.4, 0.5) is 5.95 Å². The SMILES string of the molecule is Cc1cccc(-c2cc3ncc4c(n3n2)C[C@H]2CC[C@H]4N2Cc2cnc(N(C)C)nc2)c1. The first-order valence-electron chi connectivity index (χ1n) is 11.3. The molecule has 0 aliphatic carbocycles. The first-order valence-corrected chi connectivity index (χ1v) is 11.3. The van der Waals surface area contributed by atoms with Gasteiger partial charge in [0.25, 0.3) is 0 Å². The topological polar surface area (TPSA) is 62.5 Å². The van der Waals surface area contributed by atoms with Crippen LogP contribution >= 0.6 is 0 Å². The summed E-state index contributed by atoms with van der Waals surface area (Å²) in [4.78, 5) is 18.3. The Morgan fingerprint density at radius 1 is 1.03 bits per heavy atom. The van der Waals surface area contributed by atoms with Crippen molar-refractivity contribution in [1.29, 1.82) is 0 Å². The number of hydrogen-bond acceptors (Lipinski definition) is 6. The molecular weight excluding hydrogens is 398 g/mol. The third kappa shape index (κ3) is 3.15. The monoisotopic (exact) mass is 425 g/mol. The molecule has 2 bridgehead atoms. The molecule has 32 heavy (non-hydrogen) atoms. The molecular formula is C25H27N7. The van der Waals surface area contributed by atoms with Gasteiger partial charge >= 0.3 is 0 Å². The molecule has 4 aromatic rings. The molecule has 2 atom stereocenters. The molecule has 5 heterocycles. The molecule has 0 spiro atoms.